The fraction of sp³-hybridized carbons (Fsp3) is 0.200. The van der Waals surface area contributed by atoms with Gasteiger partial charge in [-0.1, -0.05) is 71.8 Å². The lowest BCUT2D eigenvalue weighted by Crippen LogP contribution is -2.22. The van der Waals surface area contributed by atoms with Crippen LogP contribution in [0.3, 0.4) is 0 Å². The third-order valence-corrected chi connectivity index (χ3v) is 4.80. The van der Waals surface area contributed by atoms with E-state index in [0.717, 1.165) is 17.5 Å². The molecule has 0 spiro atoms. The molecule has 0 bridgehead atoms. The van der Waals surface area contributed by atoms with Crippen LogP contribution in [0.5, 0.6) is 0 Å². The zero-order valence-electron chi connectivity index (χ0n) is 16.4. The summed E-state index contributed by atoms with van der Waals surface area (Å²) in [5.74, 6) is -0.0496. The molecule has 3 heteroatoms. The smallest absolute Gasteiger partial charge is 0.251 e. The maximum Gasteiger partial charge on any atom is 0.251 e. The second-order valence-corrected chi connectivity index (χ2v) is 7.15. The first-order valence-corrected chi connectivity index (χ1v) is 9.54. The van der Waals surface area contributed by atoms with E-state index in [2.05, 4.69) is 29.6 Å². The molecule has 0 saturated heterocycles. The monoisotopic (exact) mass is 371 g/mol. The van der Waals surface area contributed by atoms with Gasteiger partial charge in [-0.3, -0.25) is 9.59 Å². The van der Waals surface area contributed by atoms with E-state index < -0.39 is 0 Å². The molecule has 142 valence electrons. The SMILES string of the molecule is Cc1ccc(CCC(=O)c2ccc(C(=O)NCc3ccc(C)cc3)cc2)cc1. The molecule has 3 rings (SSSR count). The second-order valence-electron chi connectivity index (χ2n) is 7.15. The number of carbonyl (C=O) groups excluding carboxylic acids is 2. The van der Waals surface area contributed by atoms with E-state index in [1.165, 1.54) is 11.1 Å². The molecule has 1 amide bonds. The molecule has 0 aliphatic heterocycles. The molecule has 0 aliphatic rings. The molecule has 0 atom stereocenters. The minimum atomic E-state index is -0.140. The average Bonchev–Trinajstić information content (AvgIpc) is 2.72. The van der Waals surface area contributed by atoms with Gasteiger partial charge < -0.3 is 5.32 Å². The zero-order chi connectivity index (χ0) is 19.9. The average molecular weight is 371 g/mol. The van der Waals surface area contributed by atoms with Crippen molar-refractivity contribution in [2.24, 2.45) is 0 Å². The topological polar surface area (TPSA) is 46.2 Å². The number of hydrogen-bond acceptors (Lipinski definition) is 2. The molecule has 1 N–H and O–H groups in total. The number of benzene rings is 3. The van der Waals surface area contributed by atoms with E-state index in [4.69, 9.17) is 0 Å². The lowest BCUT2D eigenvalue weighted by molar-refractivity contribution is 0.0947. The van der Waals surface area contributed by atoms with Gasteiger partial charge in [-0.15, -0.1) is 0 Å². The molecule has 0 radical (unpaired) electrons. The van der Waals surface area contributed by atoms with E-state index in [9.17, 15) is 9.59 Å². The van der Waals surface area contributed by atoms with Gasteiger partial charge in [0.2, 0.25) is 0 Å². The van der Waals surface area contributed by atoms with Crippen LogP contribution in [-0.2, 0) is 13.0 Å². The quantitative estimate of drug-likeness (QED) is 0.591. The van der Waals surface area contributed by atoms with Crippen molar-refractivity contribution >= 4 is 11.7 Å². The van der Waals surface area contributed by atoms with Crippen LogP contribution >= 0.6 is 0 Å². The number of Topliss-reactive ketones (excluding diaryl/α,β-unsaturated/α-hetero) is 1. The Balaban J connectivity index is 1.53. The minimum absolute atomic E-state index is 0.0900. The fourth-order valence-corrected chi connectivity index (χ4v) is 2.95. The normalized spacial score (nSPS) is 10.5. The molecule has 0 saturated carbocycles. The van der Waals surface area contributed by atoms with Gasteiger partial charge in [0.1, 0.15) is 0 Å². The number of aryl methyl sites for hydroxylation is 3. The summed E-state index contributed by atoms with van der Waals surface area (Å²) in [7, 11) is 0. The van der Waals surface area contributed by atoms with Gasteiger partial charge in [0.05, 0.1) is 0 Å². The lowest BCUT2D eigenvalue weighted by Gasteiger charge is -2.07. The van der Waals surface area contributed by atoms with E-state index in [1.807, 2.05) is 38.1 Å². The third kappa shape index (κ3) is 5.40. The van der Waals surface area contributed by atoms with Crippen LogP contribution in [0.4, 0.5) is 0 Å². The van der Waals surface area contributed by atoms with Crippen molar-refractivity contribution < 1.29 is 9.59 Å². The molecule has 0 unspecified atom stereocenters. The number of ketones is 1. The molecule has 0 aliphatic carbocycles. The lowest BCUT2D eigenvalue weighted by atomic mass is 10.0. The van der Waals surface area contributed by atoms with Gasteiger partial charge in [0.25, 0.3) is 5.91 Å². The van der Waals surface area contributed by atoms with E-state index in [-0.39, 0.29) is 11.7 Å². The van der Waals surface area contributed by atoms with Crippen LogP contribution < -0.4 is 5.32 Å². The molecule has 3 aromatic carbocycles. The predicted octanol–water partition coefficient (Wildman–Crippen LogP) is 5.05. The van der Waals surface area contributed by atoms with Gasteiger partial charge in [0.15, 0.2) is 5.78 Å². The Kier molecular flexibility index (Phi) is 6.38. The number of carbonyl (C=O) groups is 2. The van der Waals surface area contributed by atoms with Crippen LogP contribution in [0.25, 0.3) is 0 Å². The highest BCUT2D eigenvalue weighted by Crippen LogP contribution is 2.12. The Labute approximate surface area is 166 Å². The number of rotatable bonds is 7. The largest absolute Gasteiger partial charge is 0.348 e. The van der Waals surface area contributed by atoms with Crippen LogP contribution in [-0.4, -0.2) is 11.7 Å². The molecule has 3 aromatic rings. The molecule has 0 fully saturated rings. The molecule has 0 aromatic heterocycles. The maximum absolute atomic E-state index is 12.4. The van der Waals surface area contributed by atoms with Crippen LogP contribution in [0.15, 0.2) is 72.8 Å². The Hall–Kier alpha value is -3.20. The third-order valence-electron chi connectivity index (χ3n) is 4.80. The van der Waals surface area contributed by atoms with Gasteiger partial charge in [-0.2, -0.15) is 0 Å². The highest BCUT2D eigenvalue weighted by Gasteiger charge is 2.09. The van der Waals surface area contributed by atoms with Crippen molar-refractivity contribution in [1.82, 2.24) is 5.32 Å². The zero-order valence-corrected chi connectivity index (χ0v) is 16.4. The van der Waals surface area contributed by atoms with E-state index >= 15 is 0 Å². The fourth-order valence-electron chi connectivity index (χ4n) is 2.95. The molecule has 0 heterocycles. The summed E-state index contributed by atoms with van der Waals surface area (Å²) in [6.07, 6.45) is 1.18. The molecular formula is C25H25NO2. The summed E-state index contributed by atoms with van der Waals surface area (Å²) in [5.41, 5.74) is 5.82. The molecule has 3 nitrogen and oxygen atoms in total. The summed E-state index contributed by atoms with van der Waals surface area (Å²) in [6, 6.07) is 23.2. The van der Waals surface area contributed by atoms with Crippen LogP contribution in [0, 0.1) is 13.8 Å². The first-order valence-electron chi connectivity index (χ1n) is 9.54. The van der Waals surface area contributed by atoms with Gasteiger partial charge in [-0.05, 0) is 43.5 Å². The van der Waals surface area contributed by atoms with Crippen molar-refractivity contribution in [2.45, 2.75) is 33.2 Å². The van der Waals surface area contributed by atoms with Gasteiger partial charge >= 0.3 is 0 Å². The summed E-state index contributed by atoms with van der Waals surface area (Å²) in [6.45, 7) is 4.57. The first kappa shape index (κ1) is 19.6. The van der Waals surface area contributed by atoms with Crippen molar-refractivity contribution in [2.75, 3.05) is 0 Å². The highest BCUT2D eigenvalue weighted by molar-refractivity contribution is 5.98. The summed E-state index contributed by atoms with van der Waals surface area (Å²) in [5, 5.41) is 2.91. The van der Waals surface area contributed by atoms with E-state index in [1.54, 1.807) is 24.3 Å². The number of hydrogen-bond donors (Lipinski definition) is 1. The van der Waals surface area contributed by atoms with Crippen molar-refractivity contribution in [3.8, 4) is 0 Å². The van der Waals surface area contributed by atoms with E-state index in [0.29, 0.717) is 24.1 Å². The summed E-state index contributed by atoms with van der Waals surface area (Å²) in [4.78, 5) is 24.7. The maximum atomic E-state index is 12.4. The van der Waals surface area contributed by atoms with Gasteiger partial charge in [0, 0.05) is 24.1 Å². The Morgan fingerprint density at radius 3 is 1.75 bits per heavy atom. The summed E-state index contributed by atoms with van der Waals surface area (Å²) < 4.78 is 0. The molecular weight excluding hydrogens is 346 g/mol. The Morgan fingerprint density at radius 2 is 1.18 bits per heavy atom. The van der Waals surface area contributed by atoms with Crippen molar-refractivity contribution in [3.63, 3.8) is 0 Å². The van der Waals surface area contributed by atoms with Crippen LogP contribution in [0.1, 0.15) is 49.4 Å². The summed E-state index contributed by atoms with van der Waals surface area (Å²) >= 11 is 0. The number of nitrogens with one attached hydrogen (secondary N) is 1. The number of amides is 1. The standard InChI is InChI=1S/C25H25NO2/c1-18-3-7-20(8-4-18)11-16-24(27)22-12-14-23(15-13-22)25(28)26-17-21-9-5-19(2)6-10-21/h3-10,12-15H,11,16-17H2,1-2H3,(H,26,28). The second kappa shape index (κ2) is 9.14. The van der Waals surface area contributed by atoms with Crippen LogP contribution in [0.2, 0.25) is 0 Å². The predicted molar refractivity (Wildman–Crippen MR) is 113 cm³/mol. The highest BCUT2D eigenvalue weighted by atomic mass is 16.1. The minimum Gasteiger partial charge on any atom is -0.348 e. The van der Waals surface area contributed by atoms with Crippen molar-refractivity contribution in [1.29, 1.82) is 0 Å². The van der Waals surface area contributed by atoms with Gasteiger partial charge in [-0.25, -0.2) is 0 Å². The van der Waals surface area contributed by atoms with Crippen molar-refractivity contribution in [3.05, 3.63) is 106 Å². The first-order chi connectivity index (χ1) is 13.5. The molecule has 28 heavy (non-hydrogen) atoms. The Bertz CT molecular complexity index is 859. The Morgan fingerprint density at radius 1 is 0.679 bits per heavy atom.